The maximum absolute atomic E-state index is 12.2. The zero-order valence-electron chi connectivity index (χ0n) is 10.9. The minimum Gasteiger partial charge on any atom is -0.372 e. The molecule has 4 nitrogen and oxygen atoms in total. The van der Waals surface area contributed by atoms with Gasteiger partial charge in [0.25, 0.3) is 0 Å². The standard InChI is InChI=1S/C13H24N2O2/c1-10-8-15(9-11(2)17-10)13(16)7-12-3-5-14-6-4-12/h10-12,14H,3-9H2,1-2H3/t10-,11-/m1/s1. The predicted octanol–water partition coefficient (Wildman–Crippen LogP) is 1.01. The molecular formula is C13H24N2O2. The number of hydrogen-bond acceptors (Lipinski definition) is 3. The number of ether oxygens (including phenoxy) is 1. The molecule has 98 valence electrons. The van der Waals surface area contributed by atoms with Crippen molar-refractivity contribution in [1.29, 1.82) is 0 Å². The molecule has 1 amide bonds. The fraction of sp³-hybridized carbons (Fsp3) is 0.923. The summed E-state index contributed by atoms with van der Waals surface area (Å²) in [7, 11) is 0. The second-order valence-electron chi connectivity index (χ2n) is 5.45. The molecule has 0 unspecified atom stereocenters. The van der Waals surface area contributed by atoms with Gasteiger partial charge in [0, 0.05) is 19.5 Å². The van der Waals surface area contributed by atoms with E-state index >= 15 is 0 Å². The number of amides is 1. The van der Waals surface area contributed by atoms with Crippen LogP contribution in [-0.4, -0.2) is 49.2 Å². The van der Waals surface area contributed by atoms with Gasteiger partial charge in [0.1, 0.15) is 0 Å². The van der Waals surface area contributed by atoms with Gasteiger partial charge in [-0.2, -0.15) is 0 Å². The van der Waals surface area contributed by atoms with E-state index in [-0.39, 0.29) is 12.2 Å². The minimum absolute atomic E-state index is 0.177. The van der Waals surface area contributed by atoms with E-state index in [1.54, 1.807) is 0 Å². The SMILES string of the molecule is C[C@@H]1CN(C(=O)CC2CCNCC2)C[C@@H](C)O1. The van der Waals surface area contributed by atoms with Crippen LogP contribution in [-0.2, 0) is 9.53 Å². The Kier molecular flexibility index (Phi) is 4.40. The summed E-state index contributed by atoms with van der Waals surface area (Å²) in [4.78, 5) is 14.2. The fourth-order valence-electron chi connectivity index (χ4n) is 2.84. The van der Waals surface area contributed by atoms with Crippen LogP contribution in [0.25, 0.3) is 0 Å². The smallest absolute Gasteiger partial charge is 0.223 e. The van der Waals surface area contributed by atoms with E-state index in [4.69, 9.17) is 4.74 Å². The predicted molar refractivity (Wildman–Crippen MR) is 66.8 cm³/mol. The lowest BCUT2D eigenvalue weighted by Gasteiger charge is -2.36. The molecule has 2 aliphatic heterocycles. The average molecular weight is 240 g/mol. The molecule has 0 aromatic carbocycles. The molecule has 0 aliphatic carbocycles. The molecular weight excluding hydrogens is 216 g/mol. The number of carbonyl (C=O) groups is 1. The van der Waals surface area contributed by atoms with Crippen molar-refractivity contribution >= 4 is 5.91 Å². The molecule has 0 bridgehead atoms. The summed E-state index contributed by atoms with van der Waals surface area (Å²) in [5.74, 6) is 0.899. The van der Waals surface area contributed by atoms with Gasteiger partial charge < -0.3 is 15.0 Å². The minimum atomic E-state index is 0.177. The molecule has 2 saturated heterocycles. The summed E-state index contributed by atoms with van der Waals surface area (Å²) in [6.07, 6.45) is 3.36. The van der Waals surface area contributed by atoms with Crippen molar-refractivity contribution in [2.75, 3.05) is 26.2 Å². The van der Waals surface area contributed by atoms with E-state index in [2.05, 4.69) is 5.32 Å². The summed E-state index contributed by atoms with van der Waals surface area (Å²) < 4.78 is 5.65. The number of rotatable bonds is 2. The van der Waals surface area contributed by atoms with Crippen LogP contribution in [0.4, 0.5) is 0 Å². The van der Waals surface area contributed by atoms with Gasteiger partial charge in [-0.25, -0.2) is 0 Å². The molecule has 0 radical (unpaired) electrons. The van der Waals surface area contributed by atoms with E-state index in [1.165, 1.54) is 0 Å². The Balaban J connectivity index is 1.81. The molecule has 0 aromatic rings. The molecule has 2 atom stereocenters. The van der Waals surface area contributed by atoms with Gasteiger partial charge in [-0.3, -0.25) is 4.79 Å². The molecule has 2 heterocycles. The third kappa shape index (κ3) is 3.68. The normalized spacial score (nSPS) is 31.5. The van der Waals surface area contributed by atoms with E-state index in [1.807, 2.05) is 18.7 Å². The van der Waals surface area contributed by atoms with Gasteiger partial charge in [0.2, 0.25) is 5.91 Å². The van der Waals surface area contributed by atoms with Crippen molar-refractivity contribution < 1.29 is 9.53 Å². The molecule has 0 saturated carbocycles. The number of nitrogens with one attached hydrogen (secondary N) is 1. The molecule has 0 spiro atoms. The summed E-state index contributed by atoms with van der Waals surface area (Å²) in [6.45, 7) is 7.73. The lowest BCUT2D eigenvalue weighted by molar-refractivity contribution is -0.144. The zero-order valence-corrected chi connectivity index (χ0v) is 10.9. The Morgan fingerprint density at radius 3 is 2.41 bits per heavy atom. The Morgan fingerprint density at radius 1 is 1.24 bits per heavy atom. The van der Waals surface area contributed by atoms with Crippen LogP contribution in [0.15, 0.2) is 0 Å². The average Bonchev–Trinajstić information content (AvgIpc) is 2.29. The molecule has 17 heavy (non-hydrogen) atoms. The van der Waals surface area contributed by atoms with Gasteiger partial charge in [-0.15, -0.1) is 0 Å². The summed E-state index contributed by atoms with van der Waals surface area (Å²) in [6, 6.07) is 0. The van der Waals surface area contributed by atoms with Gasteiger partial charge in [0.05, 0.1) is 12.2 Å². The summed E-state index contributed by atoms with van der Waals surface area (Å²) >= 11 is 0. The monoisotopic (exact) mass is 240 g/mol. The van der Waals surface area contributed by atoms with Crippen molar-refractivity contribution in [3.8, 4) is 0 Å². The summed E-state index contributed by atoms with van der Waals surface area (Å²) in [5, 5.41) is 3.34. The third-order valence-electron chi connectivity index (χ3n) is 3.69. The van der Waals surface area contributed by atoms with Crippen molar-refractivity contribution in [1.82, 2.24) is 10.2 Å². The number of hydrogen-bond donors (Lipinski definition) is 1. The van der Waals surface area contributed by atoms with Crippen LogP contribution < -0.4 is 5.32 Å². The summed E-state index contributed by atoms with van der Waals surface area (Å²) in [5.41, 5.74) is 0. The van der Waals surface area contributed by atoms with Gasteiger partial charge in [-0.05, 0) is 45.7 Å². The van der Waals surface area contributed by atoms with Crippen molar-refractivity contribution in [2.24, 2.45) is 5.92 Å². The van der Waals surface area contributed by atoms with Gasteiger partial charge in [-0.1, -0.05) is 0 Å². The Labute approximate surface area is 104 Å². The first-order valence-corrected chi connectivity index (χ1v) is 6.79. The van der Waals surface area contributed by atoms with Crippen molar-refractivity contribution in [3.63, 3.8) is 0 Å². The van der Waals surface area contributed by atoms with Gasteiger partial charge in [0.15, 0.2) is 0 Å². The zero-order chi connectivity index (χ0) is 12.3. The largest absolute Gasteiger partial charge is 0.372 e. The number of nitrogens with zero attached hydrogens (tertiary/aromatic N) is 1. The van der Waals surface area contributed by atoms with Crippen LogP contribution in [0.5, 0.6) is 0 Å². The molecule has 2 fully saturated rings. The highest BCUT2D eigenvalue weighted by molar-refractivity contribution is 5.76. The van der Waals surface area contributed by atoms with E-state index < -0.39 is 0 Å². The van der Waals surface area contributed by atoms with Crippen LogP contribution in [0, 0.1) is 5.92 Å². The second-order valence-corrected chi connectivity index (χ2v) is 5.45. The highest BCUT2D eigenvalue weighted by Gasteiger charge is 2.27. The molecule has 2 rings (SSSR count). The number of carbonyl (C=O) groups excluding carboxylic acids is 1. The molecule has 2 aliphatic rings. The van der Waals surface area contributed by atoms with Crippen molar-refractivity contribution in [2.45, 2.75) is 45.3 Å². The Bertz CT molecular complexity index is 254. The Morgan fingerprint density at radius 2 is 1.82 bits per heavy atom. The number of morpholine rings is 1. The van der Waals surface area contributed by atoms with E-state index in [0.717, 1.165) is 45.4 Å². The maximum Gasteiger partial charge on any atom is 0.223 e. The lowest BCUT2D eigenvalue weighted by atomic mass is 9.94. The number of piperidine rings is 1. The first-order chi connectivity index (χ1) is 8.15. The first kappa shape index (κ1) is 12.8. The van der Waals surface area contributed by atoms with Crippen LogP contribution in [0.2, 0.25) is 0 Å². The lowest BCUT2D eigenvalue weighted by Crippen LogP contribution is -2.48. The van der Waals surface area contributed by atoms with E-state index in [0.29, 0.717) is 11.8 Å². The van der Waals surface area contributed by atoms with Gasteiger partial charge >= 0.3 is 0 Å². The van der Waals surface area contributed by atoms with Crippen LogP contribution in [0.1, 0.15) is 33.1 Å². The van der Waals surface area contributed by atoms with E-state index in [9.17, 15) is 4.79 Å². The quantitative estimate of drug-likeness (QED) is 0.783. The topological polar surface area (TPSA) is 41.6 Å². The Hall–Kier alpha value is -0.610. The molecule has 4 heteroatoms. The highest BCUT2D eigenvalue weighted by Crippen LogP contribution is 2.19. The second kappa shape index (κ2) is 5.83. The fourth-order valence-corrected chi connectivity index (χ4v) is 2.84. The third-order valence-corrected chi connectivity index (χ3v) is 3.69. The van der Waals surface area contributed by atoms with Crippen molar-refractivity contribution in [3.05, 3.63) is 0 Å². The first-order valence-electron chi connectivity index (χ1n) is 6.79. The van der Waals surface area contributed by atoms with Crippen LogP contribution >= 0.6 is 0 Å². The molecule has 1 N–H and O–H groups in total. The highest BCUT2D eigenvalue weighted by atomic mass is 16.5. The molecule has 0 aromatic heterocycles. The van der Waals surface area contributed by atoms with Crippen LogP contribution in [0.3, 0.4) is 0 Å². The maximum atomic E-state index is 12.2.